The minimum Gasteiger partial charge on any atom is -0.368 e. The quantitative estimate of drug-likeness (QED) is 0.717. The van der Waals surface area contributed by atoms with Gasteiger partial charge in [-0.3, -0.25) is 0 Å². The number of piperidine rings is 1. The summed E-state index contributed by atoms with van der Waals surface area (Å²) in [7, 11) is 3.50. The average Bonchev–Trinajstić information content (AvgIpc) is 3.17. The lowest BCUT2D eigenvalue weighted by molar-refractivity contribution is 0.133. The first-order chi connectivity index (χ1) is 14.0. The van der Waals surface area contributed by atoms with Crippen molar-refractivity contribution in [3.05, 3.63) is 48.0 Å². The van der Waals surface area contributed by atoms with E-state index in [4.69, 9.17) is 0 Å². The van der Waals surface area contributed by atoms with Gasteiger partial charge in [0, 0.05) is 44.5 Å². The van der Waals surface area contributed by atoms with Crippen molar-refractivity contribution in [1.29, 1.82) is 0 Å². The zero-order valence-electron chi connectivity index (χ0n) is 16.7. The Morgan fingerprint density at radius 3 is 3.07 bits per heavy atom. The fourth-order valence-electron chi connectivity index (χ4n) is 3.87. The Morgan fingerprint density at radius 2 is 2.24 bits per heavy atom. The number of anilines is 1. The average molecular weight is 399 g/mol. The second kappa shape index (κ2) is 8.10. The maximum absolute atomic E-state index is 14.4. The molecule has 0 aromatic carbocycles. The zero-order chi connectivity index (χ0) is 20.4. The molecule has 0 bridgehead atoms. The van der Waals surface area contributed by atoms with Crippen LogP contribution in [0.1, 0.15) is 25.1 Å². The molecule has 2 atom stereocenters. The van der Waals surface area contributed by atoms with E-state index in [0.29, 0.717) is 12.4 Å². The van der Waals surface area contributed by atoms with Gasteiger partial charge >= 0.3 is 6.03 Å². The molecule has 9 heteroatoms. The molecular formula is C20H26FN7O. The van der Waals surface area contributed by atoms with Crippen LogP contribution in [0.3, 0.4) is 0 Å². The summed E-state index contributed by atoms with van der Waals surface area (Å²) in [4.78, 5) is 24.5. The van der Waals surface area contributed by atoms with Gasteiger partial charge in [-0.25, -0.2) is 19.2 Å². The molecule has 3 aliphatic heterocycles. The number of rotatable bonds is 4. The van der Waals surface area contributed by atoms with Crippen LogP contribution in [-0.4, -0.2) is 65.2 Å². The van der Waals surface area contributed by atoms with E-state index < -0.39 is 5.82 Å². The van der Waals surface area contributed by atoms with Crippen LogP contribution in [-0.2, 0) is 0 Å². The first-order valence-electron chi connectivity index (χ1n) is 9.88. The number of dihydropyridines is 1. The van der Waals surface area contributed by atoms with Gasteiger partial charge in [0.1, 0.15) is 6.17 Å². The van der Waals surface area contributed by atoms with Gasteiger partial charge in [-0.15, -0.1) is 0 Å². The number of carbonyl (C=O) groups excluding carboxylic acids is 1. The summed E-state index contributed by atoms with van der Waals surface area (Å²) >= 11 is 0. The number of fused-ring (bicyclic) bond motifs is 1. The number of aromatic nitrogens is 2. The molecule has 0 spiro atoms. The number of nitrogens with one attached hydrogen (secondary N) is 3. The molecule has 0 radical (unpaired) electrons. The third-order valence-corrected chi connectivity index (χ3v) is 5.40. The Balaban J connectivity index is 1.49. The van der Waals surface area contributed by atoms with Crippen LogP contribution in [0.15, 0.2) is 36.3 Å². The van der Waals surface area contributed by atoms with Gasteiger partial charge in [0.15, 0.2) is 17.5 Å². The fraction of sp³-hybridized carbons (Fsp3) is 0.450. The van der Waals surface area contributed by atoms with Crippen LogP contribution in [0.2, 0.25) is 0 Å². The first kappa shape index (κ1) is 19.2. The SMILES string of the molecule is CN(C)C(=O)N1CCCC[C@H]1CNc1nc(C2=CNC3NC=CC=C23)ncc1F. The zero-order valence-corrected chi connectivity index (χ0v) is 16.7. The van der Waals surface area contributed by atoms with Gasteiger partial charge < -0.3 is 25.8 Å². The molecule has 1 aromatic heterocycles. The van der Waals surface area contributed by atoms with Crippen LogP contribution < -0.4 is 16.0 Å². The number of allylic oxidation sites excluding steroid dienone is 2. The predicted molar refractivity (Wildman–Crippen MR) is 109 cm³/mol. The molecule has 4 heterocycles. The monoisotopic (exact) mass is 399 g/mol. The molecule has 2 amide bonds. The van der Waals surface area contributed by atoms with E-state index in [9.17, 15) is 9.18 Å². The molecule has 4 rings (SSSR count). The summed E-state index contributed by atoms with van der Waals surface area (Å²) in [5.41, 5.74) is 1.84. The highest BCUT2D eigenvalue weighted by Gasteiger charge is 2.29. The van der Waals surface area contributed by atoms with E-state index >= 15 is 0 Å². The maximum Gasteiger partial charge on any atom is 0.319 e. The molecule has 3 N–H and O–H groups in total. The lowest BCUT2D eigenvalue weighted by Gasteiger charge is -2.37. The van der Waals surface area contributed by atoms with Crippen LogP contribution in [0, 0.1) is 5.82 Å². The van der Waals surface area contributed by atoms with Crippen molar-refractivity contribution in [2.45, 2.75) is 31.5 Å². The molecule has 154 valence electrons. The minimum atomic E-state index is -0.506. The summed E-state index contributed by atoms with van der Waals surface area (Å²) in [5, 5.41) is 9.53. The molecule has 29 heavy (non-hydrogen) atoms. The predicted octanol–water partition coefficient (Wildman–Crippen LogP) is 1.88. The standard InChI is InChI=1S/C20H26FN7O/c1-27(2)20(29)28-9-4-3-6-13(28)10-23-19-16(21)12-25-18(26-19)15-11-24-17-14(15)7-5-8-22-17/h5,7-8,11-13,17,22,24H,3-4,6,9-10H2,1-2H3,(H,23,25,26)/t13-,17?/m0/s1. The van der Waals surface area contributed by atoms with Crippen LogP contribution in [0.25, 0.3) is 5.57 Å². The Bertz CT molecular complexity index is 880. The molecule has 8 nitrogen and oxygen atoms in total. The van der Waals surface area contributed by atoms with Crippen molar-refractivity contribution >= 4 is 17.4 Å². The fourth-order valence-corrected chi connectivity index (χ4v) is 3.87. The van der Waals surface area contributed by atoms with Crippen LogP contribution in [0.5, 0.6) is 0 Å². The van der Waals surface area contributed by atoms with Crippen molar-refractivity contribution in [2.75, 3.05) is 32.5 Å². The van der Waals surface area contributed by atoms with Gasteiger partial charge in [0.05, 0.1) is 12.2 Å². The number of amides is 2. The summed E-state index contributed by atoms with van der Waals surface area (Å²) < 4.78 is 14.4. The topological polar surface area (TPSA) is 85.4 Å². The second-order valence-corrected chi connectivity index (χ2v) is 7.60. The maximum atomic E-state index is 14.4. The number of nitrogens with zero attached hydrogens (tertiary/aromatic N) is 4. The van der Waals surface area contributed by atoms with Gasteiger partial charge in [-0.1, -0.05) is 6.08 Å². The Hall–Kier alpha value is -3.10. The van der Waals surface area contributed by atoms with Crippen molar-refractivity contribution in [3.8, 4) is 0 Å². The van der Waals surface area contributed by atoms with E-state index in [0.717, 1.165) is 37.0 Å². The van der Waals surface area contributed by atoms with E-state index in [1.54, 1.807) is 19.0 Å². The second-order valence-electron chi connectivity index (χ2n) is 7.60. The van der Waals surface area contributed by atoms with Gasteiger partial charge in [0.25, 0.3) is 0 Å². The van der Waals surface area contributed by atoms with Gasteiger partial charge in [-0.05, 0) is 31.5 Å². The van der Waals surface area contributed by atoms with Crippen molar-refractivity contribution < 1.29 is 9.18 Å². The molecule has 1 saturated heterocycles. The number of urea groups is 1. The van der Waals surface area contributed by atoms with Gasteiger partial charge in [-0.2, -0.15) is 0 Å². The van der Waals surface area contributed by atoms with Crippen LogP contribution in [0.4, 0.5) is 15.0 Å². The van der Waals surface area contributed by atoms with E-state index in [-0.39, 0.29) is 24.1 Å². The Labute approximate surface area is 169 Å². The molecular weight excluding hydrogens is 373 g/mol. The smallest absolute Gasteiger partial charge is 0.319 e. The minimum absolute atomic E-state index is 0.00333. The number of likely N-dealkylation sites (tertiary alicyclic amines) is 1. The Kier molecular flexibility index (Phi) is 5.37. The number of hydrogen-bond donors (Lipinski definition) is 3. The molecule has 0 saturated carbocycles. The third-order valence-electron chi connectivity index (χ3n) is 5.40. The third kappa shape index (κ3) is 3.90. The molecule has 1 fully saturated rings. The molecule has 1 aromatic rings. The van der Waals surface area contributed by atoms with Crippen molar-refractivity contribution in [1.82, 2.24) is 30.4 Å². The van der Waals surface area contributed by atoms with Crippen LogP contribution >= 0.6 is 0 Å². The lowest BCUT2D eigenvalue weighted by atomic mass is 10.0. The van der Waals surface area contributed by atoms with Crippen molar-refractivity contribution in [2.24, 2.45) is 0 Å². The largest absolute Gasteiger partial charge is 0.368 e. The highest BCUT2D eigenvalue weighted by Crippen LogP contribution is 2.29. The molecule has 3 aliphatic rings. The Morgan fingerprint density at radius 1 is 1.38 bits per heavy atom. The van der Waals surface area contributed by atoms with E-state index in [1.807, 2.05) is 29.5 Å². The number of carbonyl (C=O) groups is 1. The van der Waals surface area contributed by atoms with Crippen molar-refractivity contribution in [3.63, 3.8) is 0 Å². The molecule has 0 aliphatic carbocycles. The highest BCUT2D eigenvalue weighted by molar-refractivity contribution is 5.80. The number of hydrogen-bond acceptors (Lipinski definition) is 6. The summed E-state index contributed by atoms with van der Waals surface area (Å²) in [6.45, 7) is 1.16. The number of halogens is 1. The summed E-state index contributed by atoms with van der Waals surface area (Å²) in [6, 6.07) is -0.0121. The first-order valence-corrected chi connectivity index (χ1v) is 9.88. The lowest BCUT2D eigenvalue weighted by Crippen LogP contribution is -2.50. The summed E-state index contributed by atoms with van der Waals surface area (Å²) in [6.07, 6.45) is 11.7. The molecule has 1 unspecified atom stereocenters. The van der Waals surface area contributed by atoms with E-state index in [2.05, 4.69) is 25.9 Å². The normalized spacial score (nSPS) is 22.8. The summed E-state index contributed by atoms with van der Waals surface area (Å²) in [5.74, 6) is 0.105. The highest BCUT2D eigenvalue weighted by atomic mass is 19.1. The van der Waals surface area contributed by atoms with E-state index in [1.165, 1.54) is 6.20 Å². The van der Waals surface area contributed by atoms with Gasteiger partial charge in [0.2, 0.25) is 0 Å².